The lowest BCUT2D eigenvalue weighted by Crippen LogP contribution is -2.28. The summed E-state index contributed by atoms with van der Waals surface area (Å²) in [7, 11) is 0. The van der Waals surface area contributed by atoms with Crippen molar-refractivity contribution >= 4 is 11.5 Å². The second kappa shape index (κ2) is 7.40. The van der Waals surface area contributed by atoms with Crippen LogP contribution in [0.25, 0.3) is 11.3 Å². The number of hydrogen-bond acceptors (Lipinski definition) is 5. The number of para-hydroxylation sites is 1. The normalized spacial score (nSPS) is 17.2. The van der Waals surface area contributed by atoms with Crippen LogP contribution in [0.4, 0.5) is 11.5 Å². The lowest BCUT2D eigenvalue weighted by Gasteiger charge is -2.23. The molecule has 1 aromatic carbocycles. The van der Waals surface area contributed by atoms with Gasteiger partial charge in [0.25, 0.3) is 0 Å². The Labute approximate surface area is 147 Å². The molecule has 1 saturated heterocycles. The number of benzene rings is 1. The average molecular weight is 331 g/mol. The maximum Gasteiger partial charge on any atom is 0.148 e. The number of rotatable bonds is 4. The Kier molecular flexibility index (Phi) is 4.65. The summed E-state index contributed by atoms with van der Waals surface area (Å²) in [6.07, 6.45) is 7.09. The fraction of sp³-hybridized carbons (Fsp3) is 0.250. The van der Waals surface area contributed by atoms with Crippen LogP contribution in [0.15, 0.2) is 60.9 Å². The van der Waals surface area contributed by atoms with Crippen molar-refractivity contribution in [2.75, 3.05) is 11.9 Å². The average Bonchev–Trinajstić information content (AvgIpc) is 2.70. The third kappa shape index (κ3) is 3.83. The molecule has 0 spiro atoms. The molecule has 1 atom stereocenters. The van der Waals surface area contributed by atoms with Crippen molar-refractivity contribution in [2.45, 2.75) is 25.3 Å². The summed E-state index contributed by atoms with van der Waals surface area (Å²) in [5, 5.41) is 6.94. The van der Waals surface area contributed by atoms with Crippen molar-refractivity contribution in [2.24, 2.45) is 0 Å². The van der Waals surface area contributed by atoms with Gasteiger partial charge in [0.1, 0.15) is 11.6 Å². The quantitative estimate of drug-likeness (QED) is 0.754. The van der Waals surface area contributed by atoms with E-state index >= 15 is 0 Å². The molecule has 0 saturated carbocycles. The van der Waals surface area contributed by atoms with Gasteiger partial charge in [-0.1, -0.05) is 24.6 Å². The fourth-order valence-corrected chi connectivity index (χ4v) is 3.10. The van der Waals surface area contributed by atoms with Gasteiger partial charge < -0.3 is 10.6 Å². The molecule has 1 fully saturated rings. The molecule has 1 aliphatic rings. The Bertz CT molecular complexity index is 814. The fourth-order valence-electron chi connectivity index (χ4n) is 3.10. The van der Waals surface area contributed by atoms with E-state index < -0.39 is 0 Å². The van der Waals surface area contributed by atoms with Crippen molar-refractivity contribution < 1.29 is 0 Å². The number of hydrogen-bond donors (Lipinski definition) is 2. The third-order valence-corrected chi connectivity index (χ3v) is 4.39. The van der Waals surface area contributed by atoms with E-state index in [0.717, 1.165) is 41.6 Å². The topological polar surface area (TPSA) is 62.7 Å². The second-order valence-corrected chi connectivity index (χ2v) is 6.23. The zero-order valence-corrected chi connectivity index (χ0v) is 14.0. The van der Waals surface area contributed by atoms with Gasteiger partial charge in [-0.25, -0.2) is 9.97 Å². The van der Waals surface area contributed by atoms with Gasteiger partial charge in [0.2, 0.25) is 0 Å². The molecule has 0 bridgehead atoms. The predicted octanol–water partition coefficient (Wildman–Crippen LogP) is 4.10. The molecule has 0 aliphatic carbocycles. The zero-order chi connectivity index (χ0) is 16.9. The van der Waals surface area contributed by atoms with Gasteiger partial charge >= 0.3 is 0 Å². The second-order valence-electron chi connectivity index (χ2n) is 6.23. The summed E-state index contributed by atoms with van der Waals surface area (Å²) in [4.78, 5) is 13.7. The van der Waals surface area contributed by atoms with E-state index in [4.69, 9.17) is 9.97 Å². The summed E-state index contributed by atoms with van der Waals surface area (Å²) >= 11 is 0. The van der Waals surface area contributed by atoms with Gasteiger partial charge in [0, 0.05) is 29.7 Å². The minimum Gasteiger partial charge on any atom is -0.340 e. The van der Waals surface area contributed by atoms with Crippen molar-refractivity contribution in [3.8, 4) is 11.3 Å². The molecular formula is C20H21N5. The Morgan fingerprint density at radius 1 is 0.960 bits per heavy atom. The van der Waals surface area contributed by atoms with Gasteiger partial charge in [0.05, 0.1) is 11.7 Å². The molecular weight excluding hydrogens is 310 g/mol. The van der Waals surface area contributed by atoms with Crippen LogP contribution in [0.1, 0.15) is 31.1 Å². The predicted molar refractivity (Wildman–Crippen MR) is 99.6 cm³/mol. The van der Waals surface area contributed by atoms with Crippen LogP contribution in [0.3, 0.4) is 0 Å². The lowest BCUT2D eigenvalue weighted by molar-refractivity contribution is 0.398. The van der Waals surface area contributed by atoms with Gasteiger partial charge in [0.15, 0.2) is 0 Å². The van der Waals surface area contributed by atoms with Crippen molar-refractivity contribution in [1.29, 1.82) is 0 Å². The lowest BCUT2D eigenvalue weighted by atomic mass is 10.0. The minimum absolute atomic E-state index is 0.215. The summed E-state index contributed by atoms with van der Waals surface area (Å²) in [6.45, 7) is 1.02. The van der Waals surface area contributed by atoms with Crippen LogP contribution in [0.2, 0.25) is 0 Å². The molecule has 0 amide bonds. The van der Waals surface area contributed by atoms with Gasteiger partial charge in [-0.15, -0.1) is 0 Å². The SMILES string of the molecule is c1ccc(Nc2cc(-c3ccncc3)nc([C@H]3CCCCN3)n2)cc1. The van der Waals surface area contributed by atoms with Crippen molar-refractivity contribution in [1.82, 2.24) is 20.3 Å². The van der Waals surface area contributed by atoms with Crippen LogP contribution in [0.5, 0.6) is 0 Å². The Balaban J connectivity index is 1.72. The van der Waals surface area contributed by atoms with E-state index in [0.29, 0.717) is 0 Å². The van der Waals surface area contributed by atoms with Gasteiger partial charge in [-0.05, 0) is 43.7 Å². The first-order valence-corrected chi connectivity index (χ1v) is 8.73. The van der Waals surface area contributed by atoms with E-state index in [1.165, 1.54) is 12.8 Å². The zero-order valence-electron chi connectivity index (χ0n) is 14.0. The molecule has 0 unspecified atom stereocenters. The first-order valence-electron chi connectivity index (χ1n) is 8.73. The van der Waals surface area contributed by atoms with Crippen molar-refractivity contribution in [3.05, 3.63) is 66.7 Å². The number of aromatic nitrogens is 3. The molecule has 3 heterocycles. The standard InChI is InChI=1S/C20H21N5/c1-2-6-16(7-3-1)23-19-14-18(15-9-12-21-13-10-15)24-20(25-19)17-8-4-5-11-22-17/h1-3,6-7,9-10,12-14,17,22H,4-5,8,11H2,(H,23,24,25)/t17-/m1/s1. The largest absolute Gasteiger partial charge is 0.340 e. The molecule has 5 heteroatoms. The highest BCUT2D eigenvalue weighted by Gasteiger charge is 2.19. The molecule has 4 rings (SSSR count). The summed E-state index contributed by atoms with van der Waals surface area (Å²) < 4.78 is 0. The summed E-state index contributed by atoms with van der Waals surface area (Å²) in [5.41, 5.74) is 2.98. The molecule has 1 aliphatic heterocycles. The first kappa shape index (κ1) is 15.7. The molecule has 2 N–H and O–H groups in total. The van der Waals surface area contributed by atoms with Crippen LogP contribution < -0.4 is 10.6 Å². The third-order valence-electron chi connectivity index (χ3n) is 4.39. The molecule has 2 aromatic heterocycles. The summed E-state index contributed by atoms with van der Waals surface area (Å²) in [5.74, 6) is 1.67. The Morgan fingerprint density at radius 3 is 2.56 bits per heavy atom. The van der Waals surface area contributed by atoms with Gasteiger partial charge in [-0.2, -0.15) is 0 Å². The first-order chi connectivity index (χ1) is 12.4. The van der Waals surface area contributed by atoms with Crippen LogP contribution in [-0.2, 0) is 0 Å². The summed E-state index contributed by atoms with van der Waals surface area (Å²) in [6, 6.07) is 16.3. The molecule has 126 valence electrons. The van der Waals surface area contributed by atoms with Crippen LogP contribution in [0, 0.1) is 0 Å². The van der Waals surface area contributed by atoms with E-state index in [1.54, 1.807) is 12.4 Å². The smallest absolute Gasteiger partial charge is 0.148 e. The number of nitrogens with zero attached hydrogens (tertiary/aromatic N) is 3. The van der Waals surface area contributed by atoms with Crippen molar-refractivity contribution in [3.63, 3.8) is 0 Å². The maximum atomic E-state index is 4.83. The Morgan fingerprint density at radius 2 is 1.80 bits per heavy atom. The van der Waals surface area contributed by atoms with Gasteiger partial charge in [-0.3, -0.25) is 4.98 Å². The number of pyridine rings is 1. The van der Waals surface area contributed by atoms with E-state index in [2.05, 4.69) is 15.6 Å². The highest BCUT2D eigenvalue weighted by molar-refractivity contribution is 5.65. The van der Waals surface area contributed by atoms with E-state index in [1.807, 2.05) is 48.5 Å². The van der Waals surface area contributed by atoms with E-state index in [-0.39, 0.29) is 6.04 Å². The molecule has 0 radical (unpaired) electrons. The minimum atomic E-state index is 0.215. The number of piperidine rings is 1. The van der Waals surface area contributed by atoms with Crippen LogP contribution in [-0.4, -0.2) is 21.5 Å². The number of nitrogens with one attached hydrogen (secondary N) is 2. The molecule has 3 aromatic rings. The molecule has 5 nitrogen and oxygen atoms in total. The highest BCUT2D eigenvalue weighted by atomic mass is 15.1. The Hall–Kier alpha value is -2.79. The monoisotopic (exact) mass is 331 g/mol. The van der Waals surface area contributed by atoms with E-state index in [9.17, 15) is 0 Å². The highest BCUT2D eigenvalue weighted by Crippen LogP contribution is 2.26. The number of anilines is 2. The van der Waals surface area contributed by atoms with Crippen LogP contribution >= 0.6 is 0 Å². The molecule has 25 heavy (non-hydrogen) atoms. The maximum absolute atomic E-state index is 4.83.